The third-order valence-corrected chi connectivity index (χ3v) is 5.88. The number of fused-ring (bicyclic) bond motifs is 2. The summed E-state index contributed by atoms with van der Waals surface area (Å²) in [5.74, 6) is 4.82. The van der Waals surface area contributed by atoms with Gasteiger partial charge in [-0.3, -0.25) is 0 Å². The Labute approximate surface area is 79.5 Å². The molecule has 0 heterocycles. The van der Waals surface area contributed by atoms with Crippen molar-refractivity contribution in [3.05, 3.63) is 0 Å². The minimum absolute atomic E-state index is 0.184. The van der Waals surface area contributed by atoms with E-state index in [-0.39, 0.29) is 5.60 Å². The van der Waals surface area contributed by atoms with Crippen molar-refractivity contribution in [2.24, 2.45) is 29.6 Å². The van der Waals surface area contributed by atoms with Crippen LogP contribution in [0.15, 0.2) is 0 Å². The van der Waals surface area contributed by atoms with Crippen molar-refractivity contribution in [3.8, 4) is 0 Å². The molecule has 0 aromatic heterocycles. The maximum absolute atomic E-state index is 10.4. The number of hydrogen-bond donors (Lipinski definition) is 1. The van der Waals surface area contributed by atoms with Crippen molar-refractivity contribution in [1.82, 2.24) is 0 Å². The first-order chi connectivity index (χ1) is 6.30. The van der Waals surface area contributed by atoms with Gasteiger partial charge in [0.2, 0.25) is 0 Å². The van der Waals surface area contributed by atoms with Gasteiger partial charge in [-0.05, 0) is 68.1 Å². The summed E-state index contributed by atoms with van der Waals surface area (Å²) in [7, 11) is 0. The normalized spacial score (nSPS) is 67.6. The summed E-state index contributed by atoms with van der Waals surface area (Å²) < 4.78 is 0. The van der Waals surface area contributed by atoms with Gasteiger partial charge in [-0.2, -0.15) is 0 Å². The average molecular weight is 178 g/mol. The van der Waals surface area contributed by atoms with Crippen molar-refractivity contribution < 1.29 is 5.11 Å². The molecule has 6 fully saturated rings. The molecule has 1 N–H and O–H groups in total. The molecule has 0 radical (unpaired) electrons. The van der Waals surface area contributed by atoms with Crippen LogP contribution in [0.25, 0.3) is 0 Å². The molecule has 6 saturated carbocycles. The van der Waals surface area contributed by atoms with Gasteiger partial charge in [-0.15, -0.1) is 0 Å². The summed E-state index contributed by atoms with van der Waals surface area (Å²) in [5.41, 5.74) is -0.184. The van der Waals surface area contributed by atoms with Crippen LogP contribution in [-0.2, 0) is 0 Å². The monoisotopic (exact) mass is 178 g/mol. The standard InChI is InChI=1S/C12H18O/c13-12-5-3-7-8-1-2-9(7)11(8)10(12)4-6-12/h7-11,13H,1-6H2/t7?,8?,9?,10-,11?,12+/m1/s1. The highest BCUT2D eigenvalue weighted by Gasteiger charge is 2.65. The molecule has 4 bridgehead atoms. The van der Waals surface area contributed by atoms with Crippen LogP contribution in [0.5, 0.6) is 0 Å². The average Bonchev–Trinajstić information content (AvgIpc) is 2.65. The Morgan fingerprint density at radius 3 is 2.15 bits per heavy atom. The lowest BCUT2D eigenvalue weighted by Gasteiger charge is -2.54. The molecule has 1 heteroatoms. The van der Waals surface area contributed by atoms with E-state index in [9.17, 15) is 5.11 Å². The Bertz CT molecular complexity index is 250. The third-order valence-electron chi connectivity index (χ3n) is 5.88. The van der Waals surface area contributed by atoms with Crippen LogP contribution in [0.2, 0.25) is 0 Å². The number of aliphatic hydroxyl groups is 1. The molecule has 6 aliphatic rings. The van der Waals surface area contributed by atoms with E-state index in [1.165, 1.54) is 25.7 Å². The van der Waals surface area contributed by atoms with E-state index >= 15 is 0 Å². The molecule has 0 saturated heterocycles. The summed E-state index contributed by atoms with van der Waals surface area (Å²) in [5, 5.41) is 10.4. The summed E-state index contributed by atoms with van der Waals surface area (Å²) >= 11 is 0. The third kappa shape index (κ3) is 0.643. The maximum atomic E-state index is 10.4. The Morgan fingerprint density at radius 2 is 1.54 bits per heavy atom. The van der Waals surface area contributed by atoms with E-state index in [0.717, 1.165) is 42.4 Å². The molecule has 0 aromatic rings. The van der Waals surface area contributed by atoms with Crippen LogP contribution in [-0.4, -0.2) is 10.7 Å². The van der Waals surface area contributed by atoms with Gasteiger partial charge < -0.3 is 5.11 Å². The SMILES string of the molecule is O[C@]12CCC3C4CCC3C4[C@H]1CC2. The molecule has 6 rings (SSSR count). The van der Waals surface area contributed by atoms with Crippen LogP contribution < -0.4 is 0 Å². The molecule has 72 valence electrons. The molecule has 13 heavy (non-hydrogen) atoms. The van der Waals surface area contributed by atoms with Gasteiger partial charge in [0.05, 0.1) is 5.60 Å². The molecule has 0 aromatic carbocycles. The van der Waals surface area contributed by atoms with Gasteiger partial charge in [0, 0.05) is 0 Å². The topological polar surface area (TPSA) is 20.2 Å². The quantitative estimate of drug-likeness (QED) is 0.603. The molecule has 0 spiro atoms. The fourth-order valence-corrected chi connectivity index (χ4v) is 5.21. The first-order valence-electron chi connectivity index (χ1n) is 6.02. The highest BCUT2D eigenvalue weighted by Crippen LogP contribution is 2.69. The van der Waals surface area contributed by atoms with Gasteiger partial charge in [0.15, 0.2) is 0 Å². The summed E-state index contributed by atoms with van der Waals surface area (Å²) in [6.45, 7) is 0. The van der Waals surface area contributed by atoms with Crippen LogP contribution in [0, 0.1) is 29.6 Å². The molecule has 2 unspecified atom stereocenters. The van der Waals surface area contributed by atoms with Crippen molar-refractivity contribution in [3.63, 3.8) is 0 Å². The van der Waals surface area contributed by atoms with Crippen LogP contribution in [0.1, 0.15) is 38.5 Å². The van der Waals surface area contributed by atoms with E-state index in [4.69, 9.17) is 0 Å². The second-order valence-corrected chi connectivity index (χ2v) is 5.93. The Morgan fingerprint density at radius 1 is 0.846 bits per heavy atom. The summed E-state index contributed by atoms with van der Waals surface area (Å²) in [6.07, 6.45) is 7.91. The zero-order valence-electron chi connectivity index (χ0n) is 8.08. The van der Waals surface area contributed by atoms with Gasteiger partial charge in [-0.25, -0.2) is 0 Å². The predicted octanol–water partition coefficient (Wildman–Crippen LogP) is 2.19. The van der Waals surface area contributed by atoms with Crippen molar-refractivity contribution >= 4 is 0 Å². The Balaban J connectivity index is 1.74. The first kappa shape index (κ1) is 7.28. The van der Waals surface area contributed by atoms with E-state index in [2.05, 4.69) is 0 Å². The van der Waals surface area contributed by atoms with Gasteiger partial charge in [0.1, 0.15) is 0 Å². The minimum atomic E-state index is -0.184. The fourth-order valence-electron chi connectivity index (χ4n) is 5.21. The zero-order valence-corrected chi connectivity index (χ0v) is 8.08. The Kier molecular flexibility index (Phi) is 1.11. The Hall–Kier alpha value is -0.0400. The molecule has 0 amide bonds. The maximum Gasteiger partial charge on any atom is 0.0678 e. The van der Waals surface area contributed by atoms with E-state index < -0.39 is 0 Å². The molecule has 1 nitrogen and oxygen atoms in total. The van der Waals surface area contributed by atoms with Gasteiger partial charge in [-0.1, -0.05) is 0 Å². The van der Waals surface area contributed by atoms with Gasteiger partial charge in [0.25, 0.3) is 0 Å². The second-order valence-electron chi connectivity index (χ2n) is 5.93. The van der Waals surface area contributed by atoms with Crippen LogP contribution in [0.4, 0.5) is 0 Å². The fraction of sp³-hybridized carbons (Fsp3) is 1.00. The smallest absolute Gasteiger partial charge is 0.0678 e. The van der Waals surface area contributed by atoms with E-state index in [1.54, 1.807) is 0 Å². The predicted molar refractivity (Wildman–Crippen MR) is 50.1 cm³/mol. The molecule has 4 atom stereocenters. The van der Waals surface area contributed by atoms with Crippen molar-refractivity contribution in [1.29, 1.82) is 0 Å². The van der Waals surface area contributed by atoms with Crippen molar-refractivity contribution in [2.45, 2.75) is 44.1 Å². The van der Waals surface area contributed by atoms with E-state index in [0.29, 0.717) is 0 Å². The largest absolute Gasteiger partial charge is 0.390 e. The lowest BCUT2D eigenvalue weighted by atomic mass is 9.53. The molecule has 6 aliphatic carbocycles. The minimum Gasteiger partial charge on any atom is -0.390 e. The van der Waals surface area contributed by atoms with Gasteiger partial charge >= 0.3 is 0 Å². The molecular formula is C12H18O. The van der Waals surface area contributed by atoms with E-state index in [1.807, 2.05) is 0 Å². The zero-order chi connectivity index (χ0) is 8.63. The highest BCUT2D eigenvalue weighted by atomic mass is 16.3. The van der Waals surface area contributed by atoms with Crippen LogP contribution in [0.3, 0.4) is 0 Å². The molecule has 0 aliphatic heterocycles. The highest BCUT2D eigenvalue weighted by molar-refractivity contribution is 5.15. The van der Waals surface area contributed by atoms with Crippen molar-refractivity contribution in [2.75, 3.05) is 0 Å². The lowest BCUT2D eigenvalue weighted by Crippen LogP contribution is -2.53. The summed E-state index contributed by atoms with van der Waals surface area (Å²) in [6, 6.07) is 0. The number of hydrogen-bond acceptors (Lipinski definition) is 1. The number of rotatable bonds is 0. The second kappa shape index (κ2) is 1.98. The molecular weight excluding hydrogens is 160 g/mol. The first-order valence-corrected chi connectivity index (χ1v) is 6.02. The lowest BCUT2D eigenvalue weighted by molar-refractivity contribution is -0.140. The van der Waals surface area contributed by atoms with Crippen LogP contribution >= 0.6 is 0 Å². The summed E-state index contributed by atoms with van der Waals surface area (Å²) in [4.78, 5) is 0.